The first-order chi connectivity index (χ1) is 13.2. The molecule has 2 heterocycles. The van der Waals surface area contributed by atoms with E-state index in [9.17, 15) is 4.79 Å². The van der Waals surface area contributed by atoms with Crippen molar-refractivity contribution < 1.29 is 9.21 Å². The van der Waals surface area contributed by atoms with Crippen LogP contribution in [0.15, 0.2) is 40.8 Å². The van der Waals surface area contributed by atoms with E-state index < -0.39 is 0 Å². The Labute approximate surface area is 160 Å². The molecule has 1 spiro atoms. The highest BCUT2D eigenvalue weighted by Gasteiger charge is 2.45. The molecule has 1 atom stereocenters. The van der Waals surface area contributed by atoms with Gasteiger partial charge in [0, 0.05) is 19.0 Å². The number of amides is 1. The molecule has 2 aliphatic carbocycles. The van der Waals surface area contributed by atoms with E-state index in [2.05, 4.69) is 15.5 Å². The number of nitrogens with one attached hydrogen (secondary N) is 1. The Balaban J connectivity index is 0.000000257. The number of benzene rings is 1. The highest BCUT2D eigenvalue weighted by molar-refractivity contribution is 5.83. The van der Waals surface area contributed by atoms with Gasteiger partial charge in [-0.1, -0.05) is 41.5 Å². The minimum absolute atomic E-state index is 0.136. The van der Waals surface area contributed by atoms with Crippen molar-refractivity contribution in [2.45, 2.75) is 57.4 Å². The van der Waals surface area contributed by atoms with Crippen molar-refractivity contribution in [2.75, 3.05) is 18.4 Å². The fourth-order valence-corrected chi connectivity index (χ4v) is 3.57. The van der Waals surface area contributed by atoms with Gasteiger partial charge in [-0.2, -0.15) is 0 Å². The van der Waals surface area contributed by atoms with Gasteiger partial charge in [0.15, 0.2) is 0 Å². The van der Waals surface area contributed by atoms with Crippen LogP contribution in [0.4, 0.5) is 6.01 Å². The van der Waals surface area contributed by atoms with Gasteiger partial charge in [-0.3, -0.25) is 4.79 Å². The molecule has 0 bridgehead atoms. The molecule has 1 amide bonds. The fourth-order valence-electron chi connectivity index (χ4n) is 3.57. The minimum atomic E-state index is -0.314. The van der Waals surface area contributed by atoms with Gasteiger partial charge in [0.05, 0.1) is 0 Å². The Kier molecular flexibility index (Phi) is 5.14. The third-order valence-electron chi connectivity index (χ3n) is 5.84. The second-order valence-electron chi connectivity index (χ2n) is 8.07. The molecule has 1 aliphatic heterocycles. The van der Waals surface area contributed by atoms with E-state index in [-0.39, 0.29) is 11.9 Å². The molecule has 0 radical (unpaired) electrons. The molecule has 3 aliphatic rings. The molecule has 6 nitrogen and oxygen atoms in total. The smallest absolute Gasteiger partial charge is 0.316 e. The predicted octanol–water partition coefficient (Wildman–Crippen LogP) is 3.84. The van der Waals surface area contributed by atoms with Gasteiger partial charge < -0.3 is 14.6 Å². The van der Waals surface area contributed by atoms with E-state index in [1.54, 1.807) is 0 Å². The maximum atomic E-state index is 12.5. The normalized spacial score (nSPS) is 21.1. The molecule has 1 aromatic carbocycles. The second-order valence-corrected chi connectivity index (χ2v) is 8.07. The average Bonchev–Trinajstić information content (AvgIpc) is 3.65. The highest BCUT2D eigenvalue weighted by Crippen LogP contribution is 2.53. The minimum Gasteiger partial charge on any atom is -0.408 e. The van der Waals surface area contributed by atoms with E-state index in [0.717, 1.165) is 38.8 Å². The molecular weight excluding hydrogens is 340 g/mol. The summed E-state index contributed by atoms with van der Waals surface area (Å²) in [6, 6.07) is 12.1. The molecule has 2 saturated carbocycles. The maximum Gasteiger partial charge on any atom is 0.316 e. The second kappa shape index (κ2) is 7.71. The number of piperidine rings is 1. The van der Waals surface area contributed by atoms with Gasteiger partial charge in [-0.25, -0.2) is 0 Å². The molecule has 1 N–H and O–H groups in total. The quantitative estimate of drug-likeness (QED) is 0.888. The molecule has 2 aromatic rings. The summed E-state index contributed by atoms with van der Waals surface area (Å²) in [6.07, 6.45) is 7.30. The standard InChI is InChI=1S/C15H22N4O2.C6H6/c1-10(16-14-18-17-12(21-14)11-2-3-11)13(20)19-8-6-15(4-5-15)7-9-19;1-2-4-6-5-3-1/h10-11H,2-9H2,1H3,(H,16,18);1-6H. The molecule has 3 fully saturated rings. The molecule has 1 aromatic heterocycles. The molecular formula is C21H28N4O2. The van der Waals surface area contributed by atoms with Crippen LogP contribution in [0, 0.1) is 5.41 Å². The van der Waals surface area contributed by atoms with Crippen molar-refractivity contribution in [1.82, 2.24) is 15.1 Å². The first kappa shape index (κ1) is 18.0. The zero-order valence-corrected chi connectivity index (χ0v) is 15.9. The van der Waals surface area contributed by atoms with E-state index in [0.29, 0.717) is 23.2 Å². The highest BCUT2D eigenvalue weighted by atomic mass is 16.4. The van der Waals surface area contributed by atoms with Crippen molar-refractivity contribution in [2.24, 2.45) is 5.41 Å². The van der Waals surface area contributed by atoms with Crippen LogP contribution >= 0.6 is 0 Å². The maximum absolute atomic E-state index is 12.5. The number of rotatable bonds is 4. The molecule has 1 unspecified atom stereocenters. The van der Waals surface area contributed by atoms with Gasteiger partial charge in [0.1, 0.15) is 6.04 Å². The van der Waals surface area contributed by atoms with Gasteiger partial charge >= 0.3 is 6.01 Å². The van der Waals surface area contributed by atoms with Gasteiger partial charge in [0.2, 0.25) is 11.8 Å². The van der Waals surface area contributed by atoms with E-state index in [1.165, 1.54) is 12.8 Å². The first-order valence-electron chi connectivity index (χ1n) is 10.0. The Hall–Kier alpha value is -2.37. The summed E-state index contributed by atoms with van der Waals surface area (Å²) in [6.45, 7) is 3.65. The summed E-state index contributed by atoms with van der Waals surface area (Å²) in [5.41, 5.74) is 0.596. The first-order valence-corrected chi connectivity index (χ1v) is 10.0. The zero-order chi connectivity index (χ0) is 18.7. The lowest BCUT2D eigenvalue weighted by atomic mass is 9.93. The van der Waals surface area contributed by atoms with E-state index in [1.807, 2.05) is 48.2 Å². The number of hydrogen-bond acceptors (Lipinski definition) is 5. The van der Waals surface area contributed by atoms with Crippen LogP contribution in [0.3, 0.4) is 0 Å². The zero-order valence-electron chi connectivity index (χ0n) is 15.9. The number of hydrogen-bond donors (Lipinski definition) is 1. The topological polar surface area (TPSA) is 71.3 Å². The molecule has 1 saturated heterocycles. The van der Waals surface area contributed by atoms with Crippen LogP contribution < -0.4 is 5.32 Å². The number of carbonyl (C=O) groups excluding carboxylic acids is 1. The summed E-state index contributed by atoms with van der Waals surface area (Å²) in [7, 11) is 0. The molecule has 144 valence electrons. The van der Waals surface area contributed by atoms with Gasteiger partial charge in [-0.05, 0) is 50.9 Å². The Morgan fingerprint density at radius 2 is 1.67 bits per heavy atom. The predicted molar refractivity (Wildman–Crippen MR) is 103 cm³/mol. The summed E-state index contributed by atoms with van der Waals surface area (Å²) in [5, 5.41) is 11.1. The number of carbonyl (C=O) groups is 1. The van der Waals surface area contributed by atoms with E-state index >= 15 is 0 Å². The number of nitrogens with zero attached hydrogens (tertiary/aromatic N) is 3. The SMILES string of the molecule is CC(Nc1nnc(C2CC2)o1)C(=O)N1CCC2(CC1)CC2.c1ccccc1. The number of anilines is 1. The Bertz CT molecular complexity index is 716. The van der Waals surface area contributed by atoms with E-state index in [4.69, 9.17) is 4.42 Å². The van der Waals surface area contributed by atoms with Crippen molar-refractivity contribution in [1.29, 1.82) is 0 Å². The van der Waals surface area contributed by atoms with Crippen LogP contribution in [0.1, 0.15) is 57.3 Å². The fraction of sp³-hybridized carbons (Fsp3) is 0.571. The Morgan fingerprint density at radius 1 is 1.07 bits per heavy atom. The van der Waals surface area contributed by atoms with Crippen molar-refractivity contribution >= 4 is 11.9 Å². The van der Waals surface area contributed by atoms with Crippen molar-refractivity contribution in [3.63, 3.8) is 0 Å². The summed E-state index contributed by atoms with van der Waals surface area (Å²) in [4.78, 5) is 14.4. The summed E-state index contributed by atoms with van der Waals surface area (Å²) in [5.74, 6) is 1.28. The molecule has 6 heteroatoms. The lowest BCUT2D eigenvalue weighted by Crippen LogP contribution is -2.45. The Morgan fingerprint density at radius 3 is 2.19 bits per heavy atom. The number of aromatic nitrogens is 2. The van der Waals surface area contributed by atoms with Gasteiger partial charge in [0.25, 0.3) is 0 Å². The number of likely N-dealkylation sites (tertiary alicyclic amines) is 1. The molecule has 27 heavy (non-hydrogen) atoms. The molecule has 5 rings (SSSR count). The van der Waals surface area contributed by atoms with Crippen LogP contribution in [-0.4, -0.2) is 40.1 Å². The largest absolute Gasteiger partial charge is 0.408 e. The average molecular weight is 368 g/mol. The van der Waals surface area contributed by atoms with Crippen molar-refractivity contribution in [3.05, 3.63) is 42.3 Å². The van der Waals surface area contributed by atoms with Gasteiger partial charge in [-0.15, -0.1) is 5.10 Å². The van der Waals surface area contributed by atoms with Crippen LogP contribution in [0.25, 0.3) is 0 Å². The lowest BCUT2D eigenvalue weighted by Gasteiger charge is -2.33. The third-order valence-corrected chi connectivity index (χ3v) is 5.84. The van der Waals surface area contributed by atoms with Crippen LogP contribution in [0.5, 0.6) is 0 Å². The third kappa shape index (κ3) is 4.67. The summed E-state index contributed by atoms with van der Waals surface area (Å²) < 4.78 is 5.55. The lowest BCUT2D eigenvalue weighted by molar-refractivity contribution is -0.133. The van der Waals surface area contributed by atoms with Crippen LogP contribution in [-0.2, 0) is 4.79 Å². The summed E-state index contributed by atoms with van der Waals surface area (Å²) >= 11 is 0. The van der Waals surface area contributed by atoms with Crippen LogP contribution in [0.2, 0.25) is 0 Å². The monoisotopic (exact) mass is 368 g/mol. The van der Waals surface area contributed by atoms with Crippen molar-refractivity contribution in [3.8, 4) is 0 Å².